The van der Waals surface area contributed by atoms with E-state index in [4.69, 9.17) is 5.73 Å². The number of hydrogen-bond donors (Lipinski definition) is 3. The fraction of sp³-hybridized carbons (Fsp3) is 0.350. The van der Waals surface area contributed by atoms with Crippen LogP contribution < -0.4 is 27.4 Å². The van der Waals surface area contributed by atoms with Gasteiger partial charge >= 0.3 is 5.69 Å². The lowest BCUT2D eigenvalue weighted by Gasteiger charge is -2.30. The standard InChI is InChI=1S/C20H22N8O3/c1-26-16-15(24-19(25-16)27-8-4-5-11(21)9-27)18(30)28(20(26)31)10-14-22-13-7-3-2-6-12(13)17(29)23-14/h2-3,6-7,11H,4-5,8-10,21H2,1H3,(H,24,25)(H,22,23,29). The molecule has 0 radical (unpaired) electrons. The summed E-state index contributed by atoms with van der Waals surface area (Å²) in [6.07, 6.45) is 1.88. The van der Waals surface area contributed by atoms with E-state index in [-0.39, 0.29) is 35.1 Å². The highest BCUT2D eigenvalue weighted by atomic mass is 16.2. The number of aromatic nitrogens is 6. The van der Waals surface area contributed by atoms with Gasteiger partial charge in [-0.2, -0.15) is 4.98 Å². The highest BCUT2D eigenvalue weighted by molar-refractivity contribution is 5.77. The van der Waals surface area contributed by atoms with Gasteiger partial charge in [-0.15, -0.1) is 0 Å². The van der Waals surface area contributed by atoms with Crippen LogP contribution in [0, 0.1) is 0 Å². The summed E-state index contributed by atoms with van der Waals surface area (Å²) in [6.45, 7) is 1.24. The number of piperidine rings is 1. The maximum Gasteiger partial charge on any atom is 0.332 e. The summed E-state index contributed by atoms with van der Waals surface area (Å²) in [5.74, 6) is 0.747. The van der Waals surface area contributed by atoms with Gasteiger partial charge in [0.2, 0.25) is 5.95 Å². The van der Waals surface area contributed by atoms with E-state index in [1.54, 1.807) is 31.3 Å². The molecule has 4 aromatic rings. The van der Waals surface area contributed by atoms with E-state index in [1.165, 1.54) is 4.57 Å². The van der Waals surface area contributed by atoms with E-state index >= 15 is 0 Å². The zero-order chi connectivity index (χ0) is 21.7. The quantitative estimate of drug-likeness (QED) is 0.408. The molecule has 0 bridgehead atoms. The summed E-state index contributed by atoms with van der Waals surface area (Å²) in [5.41, 5.74) is 5.68. The van der Waals surface area contributed by atoms with Gasteiger partial charge in [-0.3, -0.25) is 18.7 Å². The first-order valence-corrected chi connectivity index (χ1v) is 10.1. The molecule has 160 valence electrons. The van der Waals surface area contributed by atoms with Crippen LogP contribution in [-0.2, 0) is 13.6 Å². The van der Waals surface area contributed by atoms with Gasteiger partial charge in [0.15, 0.2) is 11.2 Å². The van der Waals surface area contributed by atoms with Crippen LogP contribution in [0.4, 0.5) is 5.95 Å². The first-order valence-electron chi connectivity index (χ1n) is 10.1. The zero-order valence-corrected chi connectivity index (χ0v) is 17.0. The number of nitrogens with zero attached hydrogens (tertiary/aromatic N) is 5. The number of fused-ring (bicyclic) bond motifs is 2. The van der Waals surface area contributed by atoms with Crippen molar-refractivity contribution in [2.24, 2.45) is 12.8 Å². The van der Waals surface area contributed by atoms with Gasteiger partial charge in [0, 0.05) is 26.2 Å². The molecule has 4 heterocycles. The molecule has 1 aromatic carbocycles. The van der Waals surface area contributed by atoms with E-state index < -0.39 is 11.2 Å². The number of rotatable bonds is 3. The fourth-order valence-electron chi connectivity index (χ4n) is 4.09. The second-order valence-corrected chi connectivity index (χ2v) is 7.87. The molecule has 1 fully saturated rings. The van der Waals surface area contributed by atoms with Crippen molar-refractivity contribution in [3.8, 4) is 0 Å². The molecule has 31 heavy (non-hydrogen) atoms. The third-order valence-electron chi connectivity index (χ3n) is 5.69. The molecule has 1 aliphatic heterocycles. The summed E-state index contributed by atoms with van der Waals surface area (Å²) < 4.78 is 2.36. The van der Waals surface area contributed by atoms with Crippen LogP contribution in [0.15, 0.2) is 38.6 Å². The van der Waals surface area contributed by atoms with Crippen molar-refractivity contribution in [1.29, 1.82) is 0 Å². The predicted molar refractivity (Wildman–Crippen MR) is 116 cm³/mol. The summed E-state index contributed by atoms with van der Waals surface area (Å²) in [4.78, 5) is 55.0. The van der Waals surface area contributed by atoms with Gasteiger partial charge in [0.1, 0.15) is 5.82 Å². The summed E-state index contributed by atoms with van der Waals surface area (Å²) in [6, 6.07) is 6.94. The Morgan fingerprint density at radius 2 is 1.97 bits per heavy atom. The highest BCUT2D eigenvalue weighted by Gasteiger charge is 2.22. The maximum atomic E-state index is 13.1. The maximum absolute atomic E-state index is 13.1. The zero-order valence-electron chi connectivity index (χ0n) is 17.0. The Labute approximate surface area is 175 Å². The number of aromatic amines is 2. The fourth-order valence-corrected chi connectivity index (χ4v) is 4.09. The molecular formula is C20H22N8O3. The summed E-state index contributed by atoms with van der Waals surface area (Å²) in [7, 11) is 1.56. The van der Waals surface area contributed by atoms with Gasteiger partial charge in [-0.1, -0.05) is 12.1 Å². The molecule has 5 rings (SSSR count). The number of benzene rings is 1. The predicted octanol–water partition coefficient (Wildman–Crippen LogP) is -0.364. The lowest BCUT2D eigenvalue weighted by molar-refractivity contribution is 0.501. The Balaban J connectivity index is 1.60. The van der Waals surface area contributed by atoms with Crippen LogP contribution in [0.2, 0.25) is 0 Å². The minimum Gasteiger partial charge on any atom is -0.341 e. The molecule has 3 aromatic heterocycles. The van der Waals surface area contributed by atoms with Crippen LogP contribution in [0.3, 0.4) is 0 Å². The lowest BCUT2D eigenvalue weighted by Crippen LogP contribution is -2.43. The van der Waals surface area contributed by atoms with E-state index in [9.17, 15) is 14.4 Å². The van der Waals surface area contributed by atoms with E-state index in [2.05, 4.69) is 19.9 Å². The summed E-state index contributed by atoms with van der Waals surface area (Å²) in [5, 5.41) is 0.444. The van der Waals surface area contributed by atoms with E-state index in [0.29, 0.717) is 23.4 Å². The van der Waals surface area contributed by atoms with Crippen molar-refractivity contribution in [1.82, 2.24) is 29.1 Å². The third-order valence-corrected chi connectivity index (χ3v) is 5.69. The molecule has 0 amide bonds. The second-order valence-electron chi connectivity index (χ2n) is 7.87. The smallest absolute Gasteiger partial charge is 0.332 e. The first-order chi connectivity index (χ1) is 14.9. The minimum atomic E-state index is -0.540. The Hall–Kier alpha value is -3.73. The van der Waals surface area contributed by atoms with Crippen LogP contribution >= 0.6 is 0 Å². The second kappa shape index (κ2) is 7.20. The molecule has 1 atom stereocenters. The van der Waals surface area contributed by atoms with Crippen molar-refractivity contribution >= 4 is 28.0 Å². The molecule has 1 saturated heterocycles. The van der Waals surface area contributed by atoms with E-state index in [0.717, 1.165) is 24.0 Å². The van der Waals surface area contributed by atoms with Crippen molar-refractivity contribution < 1.29 is 0 Å². The molecule has 1 aliphatic rings. The highest BCUT2D eigenvalue weighted by Crippen LogP contribution is 2.18. The van der Waals surface area contributed by atoms with Crippen LogP contribution in [0.25, 0.3) is 22.1 Å². The van der Waals surface area contributed by atoms with Gasteiger partial charge in [0.25, 0.3) is 11.1 Å². The largest absolute Gasteiger partial charge is 0.341 e. The van der Waals surface area contributed by atoms with E-state index in [1.807, 2.05) is 4.90 Å². The van der Waals surface area contributed by atoms with Crippen molar-refractivity contribution in [2.45, 2.75) is 25.4 Å². The molecule has 4 N–H and O–H groups in total. The topological polar surface area (TPSA) is 148 Å². The van der Waals surface area contributed by atoms with Crippen LogP contribution in [0.5, 0.6) is 0 Å². The number of para-hydroxylation sites is 1. The lowest BCUT2D eigenvalue weighted by atomic mass is 10.1. The Bertz CT molecular complexity index is 1480. The molecule has 0 aliphatic carbocycles. The van der Waals surface area contributed by atoms with Crippen LogP contribution in [-0.4, -0.2) is 48.2 Å². The van der Waals surface area contributed by atoms with Crippen molar-refractivity contribution in [3.05, 3.63) is 61.3 Å². The van der Waals surface area contributed by atoms with Crippen molar-refractivity contribution in [3.63, 3.8) is 0 Å². The monoisotopic (exact) mass is 422 g/mol. The Kier molecular flexibility index (Phi) is 4.47. The molecule has 11 nitrogen and oxygen atoms in total. The minimum absolute atomic E-state index is 0.0400. The number of hydrogen-bond acceptors (Lipinski definition) is 7. The number of nitrogens with two attached hydrogens (primary N) is 1. The first kappa shape index (κ1) is 19.2. The number of H-pyrrole nitrogens is 2. The van der Waals surface area contributed by atoms with Gasteiger partial charge in [0.05, 0.1) is 17.4 Å². The number of imidazole rings is 1. The van der Waals surface area contributed by atoms with Crippen LogP contribution in [0.1, 0.15) is 18.7 Å². The van der Waals surface area contributed by atoms with Gasteiger partial charge < -0.3 is 20.6 Å². The number of anilines is 1. The average molecular weight is 422 g/mol. The number of nitrogens with one attached hydrogen (secondary N) is 2. The normalized spacial score (nSPS) is 17.0. The Morgan fingerprint density at radius 3 is 2.77 bits per heavy atom. The SMILES string of the molecule is Cn1c(=O)n(Cc2nc3ccccc3c(=O)[nH]2)c(=O)c2[nH]c(N3CCCC(N)C3)nc21. The third kappa shape index (κ3) is 3.22. The average Bonchev–Trinajstić information content (AvgIpc) is 3.21. The molecular weight excluding hydrogens is 400 g/mol. The molecule has 1 unspecified atom stereocenters. The summed E-state index contributed by atoms with van der Waals surface area (Å²) >= 11 is 0. The molecule has 0 spiro atoms. The number of aryl methyl sites for hydroxylation is 1. The van der Waals surface area contributed by atoms with Gasteiger partial charge in [-0.05, 0) is 25.0 Å². The van der Waals surface area contributed by atoms with Gasteiger partial charge in [-0.25, -0.2) is 9.78 Å². The molecule has 0 saturated carbocycles. The van der Waals surface area contributed by atoms with Crippen molar-refractivity contribution in [2.75, 3.05) is 18.0 Å². The Morgan fingerprint density at radius 1 is 1.16 bits per heavy atom. The molecule has 11 heteroatoms.